The molecular weight excluding hydrogens is 320 g/mol. The Labute approximate surface area is 143 Å². The highest BCUT2D eigenvalue weighted by atomic mass is 16.4. The van der Waals surface area contributed by atoms with Gasteiger partial charge >= 0.3 is 5.97 Å². The fourth-order valence-corrected chi connectivity index (χ4v) is 2.51. The predicted octanol–water partition coefficient (Wildman–Crippen LogP) is 2.37. The molecular formula is C19H16N2O4. The molecule has 6 heteroatoms. The van der Waals surface area contributed by atoms with Gasteiger partial charge < -0.3 is 15.5 Å². The van der Waals surface area contributed by atoms with Crippen LogP contribution in [0.3, 0.4) is 0 Å². The normalized spacial score (nSPS) is 11.8. The topological polar surface area (TPSA) is 99.5 Å². The lowest BCUT2D eigenvalue weighted by Gasteiger charge is -2.14. The van der Waals surface area contributed by atoms with E-state index in [1.165, 1.54) is 12.1 Å². The Morgan fingerprint density at radius 3 is 2.40 bits per heavy atom. The maximum absolute atomic E-state index is 12.4. The lowest BCUT2D eigenvalue weighted by atomic mass is 10.1. The van der Waals surface area contributed by atoms with E-state index in [0.717, 1.165) is 10.8 Å². The molecule has 0 aliphatic carbocycles. The highest BCUT2D eigenvalue weighted by molar-refractivity contribution is 5.98. The molecule has 0 bridgehead atoms. The molecule has 0 aliphatic heterocycles. The minimum atomic E-state index is -1.14. The first-order valence-corrected chi connectivity index (χ1v) is 7.69. The van der Waals surface area contributed by atoms with Crippen LogP contribution in [-0.2, 0) is 11.2 Å². The van der Waals surface area contributed by atoms with E-state index >= 15 is 0 Å². The molecule has 0 saturated heterocycles. The van der Waals surface area contributed by atoms with E-state index in [1.807, 2.05) is 24.3 Å². The number of carboxylic acid groups (broad SMARTS) is 1. The second-order valence-corrected chi connectivity index (χ2v) is 5.65. The second kappa shape index (κ2) is 7.00. The van der Waals surface area contributed by atoms with Gasteiger partial charge in [0.15, 0.2) is 0 Å². The first-order chi connectivity index (χ1) is 12.0. The van der Waals surface area contributed by atoms with Gasteiger partial charge in [-0.25, -0.2) is 4.79 Å². The van der Waals surface area contributed by atoms with Crippen molar-refractivity contribution in [2.75, 3.05) is 0 Å². The van der Waals surface area contributed by atoms with Gasteiger partial charge in [0.1, 0.15) is 17.5 Å². The van der Waals surface area contributed by atoms with Crippen molar-refractivity contribution in [2.45, 2.75) is 12.5 Å². The van der Waals surface area contributed by atoms with Crippen molar-refractivity contribution in [3.8, 4) is 5.75 Å². The van der Waals surface area contributed by atoms with Crippen molar-refractivity contribution in [3.05, 3.63) is 72.1 Å². The third-order valence-corrected chi connectivity index (χ3v) is 3.84. The molecule has 0 spiro atoms. The van der Waals surface area contributed by atoms with Crippen molar-refractivity contribution < 1.29 is 19.8 Å². The number of aromatic nitrogens is 1. The molecule has 1 aromatic heterocycles. The quantitative estimate of drug-likeness (QED) is 0.664. The fraction of sp³-hybridized carbons (Fsp3) is 0.105. The summed E-state index contributed by atoms with van der Waals surface area (Å²) in [6.07, 6.45) is 1.69. The number of phenolic OH excluding ortho intramolecular Hbond substituents is 1. The van der Waals surface area contributed by atoms with Gasteiger partial charge in [-0.1, -0.05) is 36.4 Å². The molecule has 1 heterocycles. The molecule has 0 fully saturated rings. The van der Waals surface area contributed by atoms with E-state index in [1.54, 1.807) is 24.4 Å². The average molecular weight is 336 g/mol. The van der Waals surface area contributed by atoms with Gasteiger partial charge in [-0.15, -0.1) is 0 Å². The number of rotatable bonds is 5. The van der Waals surface area contributed by atoms with Crippen molar-refractivity contribution in [1.82, 2.24) is 10.3 Å². The molecule has 126 valence electrons. The monoisotopic (exact) mass is 336 g/mol. The van der Waals surface area contributed by atoms with Crippen molar-refractivity contribution in [2.24, 2.45) is 0 Å². The maximum atomic E-state index is 12.4. The van der Waals surface area contributed by atoms with Crippen LogP contribution >= 0.6 is 0 Å². The van der Waals surface area contributed by atoms with Crippen molar-refractivity contribution in [1.29, 1.82) is 0 Å². The number of aromatic hydroxyl groups is 1. The molecule has 3 rings (SSSR count). The Bertz CT molecular complexity index is 922. The summed E-state index contributed by atoms with van der Waals surface area (Å²) in [4.78, 5) is 27.9. The number of carbonyl (C=O) groups is 2. The van der Waals surface area contributed by atoms with Crippen LogP contribution in [0.2, 0.25) is 0 Å². The number of nitrogens with zero attached hydrogens (tertiary/aromatic N) is 1. The van der Waals surface area contributed by atoms with E-state index in [-0.39, 0.29) is 17.9 Å². The van der Waals surface area contributed by atoms with E-state index in [9.17, 15) is 19.8 Å². The first kappa shape index (κ1) is 16.4. The number of aliphatic carboxylic acids is 1. The van der Waals surface area contributed by atoms with E-state index < -0.39 is 17.9 Å². The third kappa shape index (κ3) is 3.92. The minimum Gasteiger partial charge on any atom is -0.508 e. The molecule has 1 amide bonds. The number of amides is 1. The van der Waals surface area contributed by atoms with Crippen LogP contribution in [0.15, 0.2) is 60.8 Å². The summed E-state index contributed by atoms with van der Waals surface area (Å²) in [7, 11) is 0. The highest BCUT2D eigenvalue weighted by Crippen LogP contribution is 2.14. The van der Waals surface area contributed by atoms with Crippen molar-refractivity contribution in [3.63, 3.8) is 0 Å². The van der Waals surface area contributed by atoms with E-state index in [0.29, 0.717) is 5.56 Å². The van der Waals surface area contributed by atoms with Crippen LogP contribution < -0.4 is 5.32 Å². The van der Waals surface area contributed by atoms with Gasteiger partial charge in [-0.3, -0.25) is 9.78 Å². The standard InChI is InChI=1S/C19H16N2O4/c22-15-7-5-12(6-8-15)9-17(19(24)25)21-18(23)16-10-13-3-1-2-4-14(13)11-20-16/h1-8,10-11,17,22H,9H2,(H,21,23)(H,24,25). The largest absolute Gasteiger partial charge is 0.508 e. The molecule has 0 aliphatic rings. The molecule has 6 nitrogen and oxygen atoms in total. The Morgan fingerprint density at radius 2 is 1.72 bits per heavy atom. The zero-order chi connectivity index (χ0) is 17.8. The minimum absolute atomic E-state index is 0.0972. The van der Waals surface area contributed by atoms with Crippen LogP contribution in [0, 0.1) is 0 Å². The van der Waals surface area contributed by atoms with Gasteiger partial charge in [0.2, 0.25) is 0 Å². The lowest BCUT2D eigenvalue weighted by molar-refractivity contribution is -0.139. The summed E-state index contributed by atoms with van der Waals surface area (Å²) in [6.45, 7) is 0. The number of hydrogen-bond donors (Lipinski definition) is 3. The van der Waals surface area contributed by atoms with E-state index in [2.05, 4.69) is 10.3 Å². The number of carbonyl (C=O) groups excluding carboxylic acids is 1. The number of fused-ring (bicyclic) bond motifs is 1. The average Bonchev–Trinajstić information content (AvgIpc) is 2.62. The number of nitrogens with one attached hydrogen (secondary N) is 1. The number of phenols is 1. The Balaban J connectivity index is 1.77. The Morgan fingerprint density at radius 1 is 1.04 bits per heavy atom. The maximum Gasteiger partial charge on any atom is 0.326 e. The van der Waals surface area contributed by atoms with Gasteiger partial charge in [-0.2, -0.15) is 0 Å². The summed E-state index contributed by atoms with van der Waals surface area (Å²) < 4.78 is 0. The predicted molar refractivity (Wildman–Crippen MR) is 92.4 cm³/mol. The number of carboxylic acids is 1. The fourth-order valence-electron chi connectivity index (χ4n) is 2.51. The number of benzene rings is 2. The van der Waals surface area contributed by atoms with Crippen LogP contribution in [0.1, 0.15) is 16.1 Å². The summed E-state index contributed by atoms with van der Waals surface area (Å²) in [5, 5.41) is 22.9. The van der Waals surface area contributed by atoms with Gasteiger partial charge in [-0.05, 0) is 29.1 Å². The Kier molecular flexibility index (Phi) is 4.61. The molecule has 2 aromatic carbocycles. The lowest BCUT2D eigenvalue weighted by Crippen LogP contribution is -2.42. The smallest absolute Gasteiger partial charge is 0.326 e. The molecule has 1 unspecified atom stereocenters. The SMILES string of the molecule is O=C(NC(Cc1ccc(O)cc1)C(=O)O)c1cc2ccccc2cn1. The zero-order valence-corrected chi connectivity index (χ0v) is 13.2. The molecule has 0 radical (unpaired) electrons. The number of hydrogen-bond acceptors (Lipinski definition) is 4. The van der Waals surface area contributed by atoms with Gasteiger partial charge in [0.05, 0.1) is 0 Å². The second-order valence-electron chi connectivity index (χ2n) is 5.65. The zero-order valence-electron chi connectivity index (χ0n) is 13.2. The van der Waals surface area contributed by atoms with Crippen LogP contribution in [-0.4, -0.2) is 33.1 Å². The van der Waals surface area contributed by atoms with Crippen LogP contribution in [0.25, 0.3) is 10.8 Å². The van der Waals surface area contributed by atoms with Crippen LogP contribution in [0.4, 0.5) is 0 Å². The molecule has 25 heavy (non-hydrogen) atoms. The molecule has 3 N–H and O–H groups in total. The Hall–Kier alpha value is -3.41. The van der Waals surface area contributed by atoms with Crippen molar-refractivity contribution >= 4 is 22.6 Å². The number of pyridine rings is 1. The first-order valence-electron chi connectivity index (χ1n) is 7.69. The molecule has 0 saturated carbocycles. The van der Waals surface area contributed by atoms with E-state index in [4.69, 9.17) is 0 Å². The third-order valence-electron chi connectivity index (χ3n) is 3.84. The summed E-state index contributed by atoms with van der Waals surface area (Å²) in [5.41, 5.74) is 0.854. The molecule has 1 atom stereocenters. The summed E-state index contributed by atoms with van der Waals surface area (Å²) >= 11 is 0. The van der Waals surface area contributed by atoms with Gasteiger partial charge in [0.25, 0.3) is 5.91 Å². The summed E-state index contributed by atoms with van der Waals surface area (Å²) in [6, 6.07) is 14.2. The van der Waals surface area contributed by atoms with Crippen LogP contribution in [0.5, 0.6) is 5.75 Å². The molecule has 3 aromatic rings. The summed E-state index contributed by atoms with van der Waals surface area (Å²) in [5.74, 6) is -1.58. The highest BCUT2D eigenvalue weighted by Gasteiger charge is 2.22. The van der Waals surface area contributed by atoms with Gasteiger partial charge in [0, 0.05) is 18.0 Å².